The van der Waals surface area contributed by atoms with Crippen molar-refractivity contribution in [1.29, 1.82) is 0 Å². The van der Waals surface area contributed by atoms with E-state index in [2.05, 4.69) is 28.9 Å². The summed E-state index contributed by atoms with van der Waals surface area (Å²) in [4.78, 5) is 15.9. The third-order valence-electron chi connectivity index (χ3n) is 3.99. The van der Waals surface area contributed by atoms with Gasteiger partial charge in [-0.25, -0.2) is 0 Å². The van der Waals surface area contributed by atoms with Crippen LogP contribution >= 0.6 is 0 Å². The van der Waals surface area contributed by atoms with Gasteiger partial charge in [-0.15, -0.1) is 0 Å². The number of benzene rings is 1. The molecule has 1 aromatic carbocycles. The van der Waals surface area contributed by atoms with E-state index < -0.39 is 5.97 Å². The highest BCUT2D eigenvalue weighted by molar-refractivity contribution is 5.73. The molecule has 0 saturated carbocycles. The van der Waals surface area contributed by atoms with Crippen molar-refractivity contribution >= 4 is 11.7 Å². The van der Waals surface area contributed by atoms with Gasteiger partial charge in [0.25, 0.3) is 0 Å². The predicted molar refractivity (Wildman–Crippen MR) is 81.2 cm³/mol. The second kappa shape index (κ2) is 7.29. The Morgan fingerprint density at radius 3 is 2.40 bits per heavy atom. The van der Waals surface area contributed by atoms with Gasteiger partial charge in [-0.1, -0.05) is 38.0 Å². The van der Waals surface area contributed by atoms with Crippen molar-refractivity contribution < 1.29 is 9.90 Å². The van der Waals surface area contributed by atoms with Gasteiger partial charge in [-0.05, 0) is 18.6 Å². The summed E-state index contributed by atoms with van der Waals surface area (Å²) in [6, 6.07) is 10.0. The van der Waals surface area contributed by atoms with Crippen LogP contribution in [0.15, 0.2) is 30.3 Å². The maximum atomic E-state index is 11.4. The first kappa shape index (κ1) is 14.9. The Morgan fingerprint density at radius 2 is 1.85 bits per heavy atom. The van der Waals surface area contributed by atoms with E-state index in [0.717, 1.165) is 45.4 Å². The van der Waals surface area contributed by atoms with Crippen molar-refractivity contribution in [2.45, 2.75) is 32.2 Å². The zero-order valence-electron chi connectivity index (χ0n) is 12.2. The van der Waals surface area contributed by atoms with E-state index in [0.29, 0.717) is 0 Å². The van der Waals surface area contributed by atoms with Crippen molar-refractivity contribution in [1.82, 2.24) is 4.90 Å². The minimum absolute atomic E-state index is 0.312. The Hall–Kier alpha value is -1.55. The van der Waals surface area contributed by atoms with Crippen LogP contribution in [0.5, 0.6) is 0 Å². The Bertz CT molecular complexity index is 414. The molecule has 0 aliphatic carbocycles. The number of carboxylic acids is 1. The molecule has 1 aromatic rings. The normalized spacial score (nSPS) is 17.9. The maximum Gasteiger partial charge on any atom is 0.320 e. The molecule has 4 heteroatoms. The van der Waals surface area contributed by atoms with Gasteiger partial charge in [0.2, 0.25) is 0 Å². The molecule has 1 unspecified atom stereocenters. The fraction of sp³-hybridized carbons (Fsp3) is 0.562. The first-order valence-corrected chi connectivity index (χ1v) is 7.49. The fourth-order valence-electron chi connectivity index (χ4n) is 2.79. The summed E-state index contributed by atoms with van der Waals surface area (Å²) < 4.78 is 0. The van der Waals surface area contributed by atoms with Crippen LogP contribution in [0, 0.1) is 0 Å². The topological polar surface area (TPSA) is 43.8 Å². The number of carbonyl (C=O) groups is 1. The number of rotatable bonds is 6. The number of nitrogens with zero attached hydrogens (tertiary/aromatic N) is 2. The molecule has 2 rings (SSSR count). The summed E-state index contributed by atoms with van der Waals surface area (Å²) in [6.07, 6.45) is 2.79. The van der Waals surface area contributed by atoms with E-state index in [4.69, 9.17) is 0 Å². The van der Waals surface area contributed by atoms with Crippen LogP contribution in [0.3, 0.4) is 0 Å². The van der Waals surface area contributed by atoms with Crippen molar-refractivity contribution in [3.05, 3.63) is 30.3 Å². The Kier molecular flexibility index (Phi) is 5.41. The highest BCUT2D eigenvalue weighted by Crippen LogP contribution is 2.18. The van der Waals surface area contributed by atoms with Crippen molar-refractivity contribution in [2.75, 3.05) is 31.1 Å². The van der Waals surface area contributed by atoms with E-state index >= 15 is 0 Å². The maximum absolute atomic E-state index is 11.4. The molecule has 1 N–H and O–H groups in total. The number of hydrogen-bond donors (Lipinski definition) is 1. The average Bonchev–Trinajstić information content (AvgIpc) is 2.49. The molecule has 0 aromatic heterocycles. The lowest BCUT2D eigenvalue weighted by molar-refractivity contribution is -0.143. The van der Waals surface area contributed by atoms with E-state index in [1.807, 2.05) is 18.2 Å². The largest absolute Gasteiger partial charge is 0.480 e. The van der Waals surface area contributed by atoms with Crippen LogP contribution in [-0.4, -0.2) is 48.2 Å². The van der Waals surface area contributed by atoms with Gasteiger partial charge in [0.15, 0.2) is 0 Å². The number of aliphatic carboxylic acids is 1. The number of para-hydroxylation sites is 1. The Labute approximate surface area is 121 Å². The SMILES string of the molecule is CCCCC(C(=O)O)N1CCN(c2ccccc2)CC1. The monoisotopic (exact) mass is 276 g/mol. The molecule has 20 heavy (non-hydrogen) atoms. The minimum Gasteiger partial charge on any atom is -0.480 e. The predicted octanol–water partition coefficient (Wildman–Crippen LogP) is 2.45. The second-order valence-corrected chi connectivity index (χ2v) is 5.35. The van der Waals surface area contributed by atoms with E-state index in [1.165, 1.54) is 5.69 Å². The van der Waals surface area contributed by atoms with Gasteiger partial charge in [0.05, 0.1) is 0 Å². The second-order valence-electron chi connectivity index (χ2n) is 5.35. The van der Waals surface area contributed by atoms with Gasteiger partial charge >= 0.3 is 5.97 Å². The Morgan fingerprint density at radius 1 is 1.20 bits per heavy atom. The smallest absolute Gasteiger partial charge is 0.320 e. The van der Waals surface area contributed by atoms with Crippen molar-refractivity contribution in [2.24, 2.45) is 0 Å². The first-order chi connectivity index (χ1) is 9.72. The van der Waals surface area contributed by atoms with Gasteiger partial charge in [0, 0.05) is 31.9 Å². The molecular formula is C16H24N2O2. The van der Waals surface area contributed by atoms with Gasteiger partial charge < -0.3 is 10.0 Å². The molecule has 1 atom stereocenters. The van der Waals surface area contributed by atoms with Gasteiger partial charge in [0.1, 0.15) is 6.04 Å². The summed E-state index contributed by atoms with van der Waals surface area (Å²) in [7, 11) is 0. The summed E-state index contributed by atoms with van der Waals surface area (Å²) >= 11 is 0. The lowest BCUT2D eigenvalue weighted by Crippen LogP contribution is -2.52. The Balaban J connectivity index is 1.91. The molecule has 1 aliphatic rings. The van der Waals surface area contributed by atoms with Crippen LogP contribution in [0.4, 0.5) is 5.69 Å². The number of piperazine rings is 1. The summed E-state index contributed by atoms with van der Waals surface area (Å²) in [5.74, 6) is -0.674. The van der Waals surface area contributed by atoms with Crippen LogP contribution in [0.2, 0.25) is 0 Å². The third-order valence-corrected chi connectivity index (χ3v) is 3.99. The number of hydrogen-bond acceptors (Lipinski definition) is 3. The zero-order chi connectivity index (χ0) is 14.4. The number of unbranched alkanes of at least 4 members (excludes halogenated alkanes) is 1. The van der Waals surface area contributed by atoms with Crippen LogP contribution in [0.25, 0.3) is 0 Å². The van der Waals surface area contributed by atoms with E-state index in [-0.39, 0.29) is 6.04 Å². The molecule has 0 bridgehead atoms. The summed E-state index contributed by atoms with van der Waals surface area (Å²) in [5.41, 5.74) is 1.23. The first-order valence-electron chi connectivity index (χ1n) is 7.49. The molecular weight excluding hydrogens is 252 g/mol. The van der Waals surface area contributed by atoms with Gasteiger partial charge in [-0.3, -0.25) is 9.69 Å². The van der Waals surface area contributed by atoms with E-state index in [9.17, 15) is 9.90 Å². The summed E-state index contributed by atoms with van der Waals surface area (Å²) in [6.45, 7) is 5.57. The summed E-state index contributed by atoms with van der Waals surface area (Å²) in [5, 5.41) is 9.38. The number of anilines is 1. The van der Waals surface area contributed by atoms with Crippen LogP contribution in [0.1, 0.15) is 26.2 Å². The van der Waals surface area contributed by atoms with Crippen molar-refractivity contribution in [3.63, 3.8) is 0 Å². The van der Waals surface area contributed by atoms with Crippen LogP contribution < -0.4 is 4.90 Å². The third kappa shape index (κ3) is 3.73. The molecule has 4 nitrogen and oxygen atoms in total. The molecule has 110 valence electrons. The van der Waals surface area contributed by atoms with Crippen LogP contribution in [-0.2, 0) is 4.79 Å². The minimum atomic E-state index is -0.674. The zero-order valence-corrected chi connectivity index (χ0v) is 12.2. The molecule has 1 saturated heterocycles. The molecule has 1 fully saturated rings. The number of carboxylic acid groups (broad SMARTS) is 1. The molecule has 0 spiro atoms. The van der Waals surface area contributed by atoms with Crippen molar-refractivity contribution in [3.8, 4) is 0 Å². The average molecular weight is 276 g/mol. The standard InChI is InChI=1S/C16H24N2O2/c1-2-3-9-15(16(19)20)18-12-10-17(11-13-18)14-7-5-4-6-8-14/h4-8,15H,2-3,9-13H2,1H3,(H,19,20). The lowest BCUT2D eigenvalue weighted by Gasteiger charge is -2.38. The lowest BCUT2D eigenvalue weighted by atomic mass is 10.1. The van der Waals surface area contributed by atoms with Gasteiger partial charge in [-0.2, -0.15) is 0 Å². The molecule has 1 heterocycles. The molecule has 0 radical (unpaired) electrons. The quantitative estimate of drug-likeness (QED) is 0.867. The molecule has 0 amide bonds. The highest BCUT2D eigenvalue weighted by atomic mass is 16.4. The molecule has 1 aliphatic heterocycles. The highest BCUT2D eigenvalue weighted by Gasteiger charge is 2.28. The fourth-order valence-corrected chi connectivity index (χ4v) is 2.79. The van der Waals surface area contributed by atoms with E-state index in [1.54, 1.807) is 0 Å².